The first-order chi connectivity index (χ1) is 15.3. The van der Waals surface area contributed by atoms with Crippen LogP contribution in [0.3, 0.4) is 0 Å². The maximum atomic E-state index is 12.6. The standard InChI is InChI=1S/C24H28N6O/c31-23-13-22(19-5-4-10-25-14-19)28-17-30(23)15-18-8-11-29(12-9-18)24-20-6-2-1-3-7-21(20)26-16-27-24/h4-5,10,13-14,16-18H,1-3,6-9,11-12,15H2. The Kier molecular flexibility index (Phi) is 5.74. The minimum Gasteiger partial charge on any atom is -0.356 e. The largest absolute Gasteiger partial charge is 0.356 e. The van der Waals surface area contributed by atoms with E-state index in [0.29, 0.717) is 11.6 Å². The summed E-state index contributed by atoms with van der Waals surface area (Å²) in [6, 6.07) is 5.39. The molecular weight excluding hydrogens is 388 g/mol. The third-order valence-electron chi connectivity index (χ3n) is 6.56. The van der Waals surface area contributed by atoms with Crippen molar-refractivity contribution in [2.75, 3.05) is 18.0 Å². The molecule has 0 spiro atoms. The molecule has 31 heavy (non-hydrogen) atoms. The number of hydrogen-bond acceptors (Lipinski definition) is 6. The predicted octanol–water partition coefficient (Wildman–Crippen LogP) is 3.28. The summed E-state index contributed by atoms with van der Waals surface area (Å²) in [7, 11) is 0. The monoisotopic (exact) mass is 416 g/mol. The van der Waals surface area contributed by atoms with Crippen LogP contribution in [-0.4, -0.2) is 37.6 Å². The Morgan fingerprint density at radius 3 is 2.71 bits per heavy atom. The lowest BCUT2D eigenvalue weighted by molar-refractivity contribution is 0.350. The van der Waals surface area contributed by atoms with Crippen LogP contribution in [0.2, 0.25) is 0 Å². The normalized spacial score (nSPS) is 17.2. The molecule has 160 valence electrons. The van der Waals surface area contributed by atoms with Gasteiger partial charge in [0.05, 0.1) is 12.0 Å². The summed E-state index contributed by atoms with van der Waals surface area (Å²) in [6.07, 6.45) is 14.9. The number of aryl methyl sites for hydroxylation is 1. The molecule has 5 rings (SSSR count). The molecule has 0 amide bonds. The molecule has 2 aliphatic rings. The maximum absolute atomic E-state index is 12.6. The van der Waals surface area contributed by atoms with Crippen molar-refractivity contribution in [3.8, 4) is 11.3 Å². The molecule has 0 N–H and O–H groups in total. The average molecular weight is 417 g/mol. The van der Waals surface area contributed by atoms with Crippen LogP contribution in [-0.2, 0) is 19.4 Å². The van der Waals surface area contributed by atoms with E-state index < -0.39 is 0 Å². The van der Waals surface area contributed by atoms with Crippen LogP contribution in [0.1, 0.15) is 43.4 Å². The van der Waals surface area contributed by atoms with E-state index in [1.54, 1.807) is 35.7 Å². The number of aromatic nitrogens is 5. The first-order valence-electron chi connectivity index (χ1n) is 11.3. The molecule has 7 heteroatoms. The highest BCUT2D eigenvalue weighted by molar-refractivity contribution is 5.56. The molecular formula is C24H28N6O. The molecule has 3 aromatic heterocycles. The number of pyridine rings is 1. The first-order valence-corrected chi connectivity index (χ1v) is 11.3. The van der Waals surface area contributed by atoms with Gasteiger partial charge in [-0.15, -0.1) is 0 Å². The van der Waals surface area contributed by atoms with Crippen molar-refractivity contribution < 1.29 is 0 Å². The third-order valence-corrected chi connectivity index (χ3v) is 6.56. The summed E-state index contributed by atoms with van der Waals surface area (Å²) < 4.78 is 1.75. The van der Waals surface area contributed by atoms with Gasteiger partial charge in [-0.2, -0.15) is 0 Å². The van der Waals surface area contributed by atoms with Crippen LogP contribution in [0.15, 0.2) is 48.0 Å². The van der Waals surface area contributed by atoms with Gasteiger partial charge in [0.15, 0.2) is 0 Å². The summed E-state index contributed by atoms with van der Waals surface area (Å²) >= 11 is 0. The van der Waals surface area contributed by atoms with Gasteiger partial charge >= 0.3 is 0 Å². The molecule has 7 nitrogen and oxygen atoms in total. The first kappa shape index (κ1) is 19.8. The molecule has 0 saturated carbocycles. The van der Waals surface area contributed by atoms with Crippen LogP contribution in [0.25, 0.3) is 11.3 Å². The lowest BCUT2D eigenvalue weighted by Crippen LogP contribution is -2.37. The van der Waals surface area contributed by atoms with Gasteiger partial charge in [0.25, 0.3) is 5.56 Å². The Morgan fingerprint density at radius 1 is 1.03 bits per heavy atom. The minimum absolute atomic E-state index is 0.00240. The molecule has 4 heterocycles. The molecule has 0 atom stereocenters. The fraction of sp³-hybridized carbons (Fsp3) is 0.458. The highest BCUT2D eigenvalue weighted by Crippen LogP contribution is 2.29. The number of rotatable bonds is 4. The zero-order valence-corrected chi connectivity index (χ0v) is 17.8. The van der Waals surface area contributed by atoms with Crippen LogP contribution in [0.4, 0.5) is 5.82 Å². The zero-order valence-electron chi connectivity index (χ0n) is 17.8. The number of piperidine rings is 1. The SMILES string of the molecule is O=c1cc(-c2cccnc2)ncn1CC1CCN(c2ncnc3c2CCCCC3)CC1. The van der Waals surface area contributed by atoms with Gasteiger partial charge in [0.1, 0.15) is 12.1 Å². The van der Waals surface area contributed by atoms with Gasteiger partial charge in [-0.05, 0) is 56.6 Å². The van der Waals surface area contributed by atoms with Crippen LogP contribution in [0, 0.1) is 5.92 Å². The van der Waals surface area contributed by atoms with E-state index >= 15 is 0 Å². The van der Waals surface area contributed by atoms with E-state index in [-0.39, 0.29) is 5.56 Å². The Hall–Kier alpha value is -3.09. The molecule has 1 aliphatic carbocycles. The fourth-order valence-corrected chi connectivity index (χ4v) is 4.79. The van der Waals surface area contributed by atoms with Crippen molar-refractivity contribution in [3.63, 3.8) is 0 Å². The molecule has 0 aromatic carbocycles. The van der Waals surface area contributed by atoms with Gasteiger partial charge in [-0.1, -0.05) is 6.42 Å². The molecule has 1 fully saturated rings. The zero-order chi connectivity index (χ0) is 21.0. The Labute approximate surface area is 182 Å². The molecule has 1 saturated heterocycles. The lowest BCUT2D eigenvalue weighted by atomic mass is 9.96. The van der Waals surface area contributed by atoms with E-state index in [2.05, 4.69) is 24.8 Å². The van der Waals surface area contributed by atoms with Crippen molar-refractivity contribution in [1.82, 2.24) is 24.5 Å². The molecule has 3 aromatic rings. The predicted molar refractivity (Wildman–Crippen MR) is 120 cm³/mol. The van der Waals surface area contributed by atoms with E-state index in [1.165, 1.54) is 30.5 Å². The highest BCUT2D eigenvalue weighted by Gasteiger charge is 2.24. The Morgan fingerprint density at radius 2 is 1.90 bits per heavy atom. The van der Waals surface area contributed by atoms with Crippen LogP contribution in [0.5, 0.6) is 0 Å². The summed E-state index contributed by atoms with van der Waals surface area (Å²) in [4.78, 5) is 32.9. The van der Waals surface area contributed by atoms with Gasteiger partial charge in [-0.25, -0.2) is 15.0 Å². The van der Waals surface area contributed by atoms with Crippen molar-refractivity contribution in [2.45, 2.75) is 51.5 Å². The van der Waals surface area contributed by atoms with Crippen molar-refractivity contribution in [1.29, 1.82) is 0 Å². The quantitative estimate of drug-likeness (QED) is 0.608. The third kappa shape index (κ3) is 4.36. The summed E-state index contributed by atoms with van der Waals surface area (Å²) in [5.41, 5.74) is 4.15. The van der Waals surface area contributed by atoms with E-state index in [0.717, 1.165) is 56.7 Å². The maximum Gasteiger partial charge on any atom is 0.253 e. The van der Waals surface area contributed by atoms with Crippen molar-refractivity contribution in [3.05, 3.63) is 64.9 Å². The second-order valence-corrected chi connectivity index (χ2v) is 8.62. The average Bonchev–Trinajstić information content (AvgIpc) is 3.07. The topological polar surface area (TPSA) is 76.8 Å². The Bertz CT molecular complexity index is 1090. The number of fused-ring (bicyclic) bond motifs is 1. The molecule has 0 unspecified atom stereocenters. The van der Waals surface area contributed by atoms with Gasteiger partial charge in [-0.3, -0.25) is 14.3 Å². The Balaban J connectivity index is 1.24. The summed E-state index contributed by atoms with van der Waals surface area (Å²) in [6.45, 7) is 2.67. The lowest BCUT2D eigenvalue weighted by Gasteiger charge is -2.34. The van der Waals surface area contributed by atoms with E-state index in [9.17, 15) is 4.79 Å². The fourth-order valence-electron chi connectivity index (χ4n) is 4.79. The number of hydrogen-bond donors (Lipinski definition) is 0. The van der Waals surface area contributed by atoms with Crippen molar-refractivity contribution >= 4 is 5.82 Å². The number of nitrogens with zero attached hydrogens (tertiary/aromatic N) is 6. The van der Waals surface area contributed by atoms with E-state index in [4.69, 9.17) is 0 Å². The van der Waals surface area contributed by atoms with Crippen LogP contribution < -0.4 is 10.5 Å². The smallest absolute Gasteiger partial charge is 0.253 e. The molecule has 1 aliphatic heterocycles. The summed E-state index contributed by atoms with van der Waals surface area (Å²) in [5, 5.41) is 0. The van der Waals surface area contributed by atoms with Gasteiger partial charge in [0, 0.05) is 54.9 Å². The number of anilines is 1. The summed E-state index contributed by atoms with van der Waals surface area (Å²) in [5.74, 6) is 1.62. The molecule has 0 bridgehead atoms. The molecule has 0 radical (unpaired) electrons. The highest BCUT2D eigenvalue weighted by atomic mass is 16.1. The van der Waals surface area contributed by atoms with Crippen molar-refractivity contribution in [2.24, 2.45) is 5.92 Å². The second kappa shape index (κ2) is 8.96. The van der Waals surface area contributed by atoms with Gasteiger partial charge in [0.2, 0.25) is 0 Å². The van der Waals surface area contributed by atoms with Gasteiger partial charge < -0.3 is 4.90 Å². The second-order valence-electron chi connectivity index (χ2n) is 8.62. The van der Waals surface area contributed by atoms with Crippen LogP contribution >= 0.6 is 0 Å². The van der Waals surface area contributed by atoms with E-state index in [1.807, 2.05) is 12.1 Å². The minimum atomic E-state index is -0.00240.